The lowest BCUT2D eigenvalue weighted by molar-refractivity contribution is -0.153. The number of hydrogen-bond acceptors (Lipinski definition) is 3. The molecule has 1 atom stereocenters. The van der Waals surface area contributed by atoms with E-state index in [1.54, 1.807) is 0 Å². The van der Waals surface area contributed by atoms with E-state index in [1.165, 1.54) is 0 Å². The molecule has 1 rings (SSSR count). The van der Waals surface area contributed by atoms with Gasteiger partial charge in [0.25, 0.3) is 0 Å². The van der Waals surface area contributed by atoms with Crippen LogP contribution in [0, 0.1) is 0 Å². The van der Waals surface area contributed by atoms with Crippen molar-refractivity contribution in [2.24, 2.45) is 0 Å². The molecule has 0 bridgehead atoms. The third-order valence-corrected chi connectivity index (χ3v) is 1.67. The highest BCUT2D eigenvalue weighted by Crippen LogP contribution is 2.20. The van der Waals surface area contributed by atoms with Crippen molar-refractivity contribution in [1.82, 2.24) is 5.32 Å². The quantitative estimate of drug-likeness (QED) is 0.576. The van der Waals surface area contributed by atoms with Gasteiger partial charge >= 0.3 is 11.9 Å². The highest BCUT2D eigenvalue weighted by molar-refractivity contribution is 5.91. The van der Waals surface area contributed by atoms with E-state index in [2.05, 4.69) is 5.32 Å². The summed E-state index contributed by atoms with van der Waals surface area (Å²) in [5, 5.41) is 10.4. The second kappa shape index (κ2) is 2.78. The van der Waals surface area contributed by atoms with Crippen molar-refractivity contribution in [1.29, 1.82) is 0 Å². The van der Waals surface area contributed by atoms with Crippen molar-refractivity contribution >= 4 is 11.8 Å². The molecule has 68 valence electrons. The molecule has 1 fully saturated rings. The van der Waals surface area contributed by atoms with E-state index in [4.69, 9.17) is 5.11 Å². The summed E-state index contributed by atoms with van der Waals surface area (Å²) in [4.78, 5) is 20.8. The van der Waals surface area contributed by atoms with Gasteiger partial charge in [-0.2, -0.15) is 8.78 Å². The number of halogens is 2. The number of hydrogen-bond donors (Lipinski definition) is 2. The van der Waals surface area contributed by atoms with Gasteiger partial charge in [0, 0.05) is 6.42 Å². The first-order chi connectivity index (χ1) is 5.43. The van der Waals surface area contributed by atoms with Crippen LogP contribution in [-0.4, -0.2) is 35.4 Å². The van der Waals surface area contributed by atoms with Gasteiger partial charge in [0.15, 0.2) is 0 Å². The lowest BCUT2D eigenvalue weighted by atomic mass is 10.0. The summed E-state index contributed by atoms with van der Waals surface area (Å²) < 4.78 is 24.9. The normalized spacial score (nSPS) is 28.5. The van der Waals surface area contributed by atoms with Crippen molar-refractivity contribution in [2.45, 2.75) is 18.4 Å². The largest absolute Gasteiger partial charge is 0.480 e. The van der Waals surface area contributed by atoms with Crippen LogP contribution in [-0.2, 0) is 9.59 Å². The molecule has 1 aliphatic heterocycles. The Bertz CT molecular complexity index is 229. The number of ketones is 1. The number of Topliss-reactive ketones (excluding diaryl/α,β-unsaturated/α-hetero) is 1. The van der Waals surface area contributed by atoms with Crippen molar-refractivity contribution in [3.63, 3.8) is 0 Å². The molecule has 0 aliphatic carbocycles. The first-order valence-corrected chi connectivity index (χ1v) is 3.31. The minimum Gasteiger partial charge on any atom is -0.480 e. The number of alkyl halides is 2. The van der Waals surface area contributed by atoms with E-state index >= 15 is 0 Å². The van der Waals surface area contributed by atoms with Crippen LogP contribution >= 0.6 is 0 Å². The fourth-order valence-corrected chi connectivity index (χ4v) is 0.931. The summed E-state index contributed by atoms with van der Waals surface area (Å²) in [6.07, 6.45) is -0.650. The van der Waals surface area contributed by atoms with Crippen molar-refractivity contribution in [3.05, 3.63) is 0 Å². The zero-order chi connectivity index (χ0) is 9.35. The number of carboxylic acids is 1. The summed E-state index contributed by atoms with van der Waals surface area (Å²) >= 11 is 0. The lowest BCUT2D eigenvalue weighted by Gasteiger charge is -2.25. The van der Waals surface area contributed by atoms with Crippen LogP contribution in [0.25, 0.3) is 0 Å². The summed E-state index contributed by atoms with van der Waals surface area (Å²) in [7, 11) is 0. The minimum absolute atomic E-state index is 0.650. The summed E-state index contributed by atoms with van der Waals surface area (Å²) in [6.45, 7) is -0.886. The van der Waals surface area contributed by atoms with Gasteiger partial charge in [-0.1, -0.05) is 0 Å². The van der Waals surface area contributed by atoms with Crippen LogP contribution in [0.2, 0.25) is 0 Å². The number of aliphatic carboxylic acids is 1. The second-order valence-corrected chi connectivity index (χ2v) is 2.60. The molecule has 0 radical (unpaired) electrons. The number of piperidine rings is 1. The van der Waals surface area contributed by atoms with Crippen LogP contribution < -0.4 is 5.32 Å². The SMILES string of the molecule is O=C(O)C1CC(=O)C(F)(F)CN1. The summed E-state index contributed by atoms with van der Waals surface area (Å²) in [6, 6.07) is -1.17. The maximum atomic E-state index is 12.4. The van der Waals surface area contributed by atoms with Gasteiger partial charge in [-0.05, 0) is 0 Å². The standard InChI is InChI=1S/C6H7F2NO3/c7-6(8)2-9-3(5(11)12)1-4(6)10/h3,9H,1-2H2,(H,11,12). The Labute approximate surface area is 66.6 Å². The fraction of sp³-hybridized carbons (Fsp3) is 0.667. The second-order valence-electron chi connectivity index (χ2n) is 2.60. The average Bonchev–Trinajstić information content (AvgIpc) is 1.94. The van der Waals surface area contributed by atoms with E-state index in [0.717, 1.165) is 0 Å². The molecule has 0 spiro atoms. The van der Waals surface area contributed by atoms with Crippen LogP contribution in [0.1, 0.15) is 6.42 Å². The molecular formula is C6H7F2NO3. The summed E-state index contributed by atoms with van der Waals surface area (Å²) in [5.74, 6) is -6.00. The highest BCUT2D eigenvalue weighted by atomic mass is 19.3. The van der Waals surface area contributed by atoms with Crippen LogP contribution in [0.15, 0.2) is 0 Å². The first kappa shape index (κ1) is 9.05. The molecule has 0 aromatic carbocycles. The number of carbonyl (C=O) groups is 2. The Balaban J connectivity index is 2.64. The van der Waals surface area contributed by atoms with E-state index in [0.29, 0.717) is 0 Å². The van der Waals surface area contributed by atoms with Gasteiger partial charge in [-0.25, -0.2) is 0 Å². The molecular weight excluding hydrogens is 172 g/mol. The fourth-order valence-electron chi connectivity index (χ4n) is 0.931. The van der Waals surface area contributed by atoms with Gasteiger partial charge in [0.05, 0.1) is 6.54 Å². The molecule has 1 aliphatic rings. The Morgan fingerprint density at radius 1 is 1.67 bits per heavy atom. The van der Waals surface area contributed by atoms with Gasteiger partial charge in [0.2, 0.25) is 5.78 Å². The van der Waals surface area contributed by atoms with E-state index in [1.807, 2.05) is 0 Å². The van der Waals surface area contributed by atoms with Gasteiger partial charge in [0.1, 0.15) is 6.04 Å². The van der Waals surface area contributed by atoms with Crippen molar-refractivity contribution in [3.8, 4) is 0 Å². The van der Waals surface area contributed by atoms with Gasteiger partial charge in [-0.15, -0.1) is 0 Å². The molecule has 1 unspecified atom stereocenters. The average molecular weight is 179 g/mol. The maximum Gasteiger partial charge on any atom is 0.321 e. The number of nitrogens with one attached hydrogen (secondary N) is 1. The van der Waals surface area contributed by atoms with E-state index in [9.17, 15) is 18.4 Å². The Morgan fingerprint density at radius 2 is 2.25 bits per heavy atom. The van der Waals surface area contributed by atoms with Crippen molar-refractivity contribution < 1.29 is 23.5 Å². The topological polar surface area (TPSA) is 66.4 Å². The lowest BCUT2D eigenvalue weighted by Crippen LogP contribution is -2.54. The molecule has 0 aromatic rings. The molecule has 12 heavy (non-hydrogen) atoms. The first-order valence-electron chi connectivity index (χ1n) is 3.31. The van der Waals surface area contributed by atoms with Crippen LogP contribution in [0.4, 0.5) is 8.78 Å². The molecule has 1 heterocycles. The van der Waals surface area contributed by atoms with Crippen LogP contribution in [0.5, 0.6) is 0 Å². The van der Waals surface area contributed by atoms with Crippen LogP contribution in [0.3, 0.4) is 0 Å². The highest BCUT2D eigenvalue weighted by Gasteiger charge is 2.45. The molecule has 0 amide bonds. The predicted octanol–water partition coefficient (Wildman–Crippen LogP) is -0.363. The Hall–Kier alpha value is -1.04. The van der Waals surface area contributed by atoms with Gasteiger partial charge < -0.3 is 5.11 Å². The number of rotatable bonds is 1. The van der Waals surface area contributed by atoms with Crippen molar-refractivity contribution in [2.75, 3.05) is 6.54 Å². The molecule has 1 saturated heterocycles. The smallest absolute Gasteiger partial charge is 0.321 e. The van der Waals surface area contributed by atoms with Gasteiger partial charge in [-0.3, -0.25) is 14.9 Å². The Kier molecular flexibility index (Phi) is 2.10. The maximum absolute atomic E-state index is 12.4. The third kappa shape index (κ3) is 1.58. The zero-order valence-corrected chi connectivity index (χ0v) is 6.01. The van der Waals surface area contributed by atoms with E-state index in [-0.39, 0.29) is 0 Å². The molecule has 6 heteroatoms. The third-order valence-electron chi connectivity index (χ3n) is 1.67. The molecule has 2 N–H and O–H groups in total. The summed E-state index contributed by atoms with van der Waals surface area (Å²) in [5.41, 5.74) is 0. The number of carboxylic acid groups (broad SMARTS) is 1. The Morgan fingerprint density at radius 3 is 2.67 bits per heavy atom. The minimum atomic E-state index is -3.41. The molecule has 0 saturated carbocycles. The number of carbonyl (C=O) groups excluding carboxylic acids is 1. The predicted molar refractivity (Wildman–Crippen MR) is 34.0 cm³/mol. The van der Waals surface area contributed by atoms with E-state index < -0.39 is 36.7 Å². The molecule has 4 nitrogen and oxygen atoms in total. The monoisotopic (exact) mass is 179 g/mol. The molecule has 0 aromatic heterocycles. The zero-order valence-electron chi connectivity index (χ0n) is 6.01.